The zero-order valence-corrected chi connectivity index (χ0v) is 8.00. The van der Waals surface area contributed by atoms with Crippen molar-refractivity contribution in [3.63, 3.8) is 0 Å². The summed E-state index contributed by atoms with van der Waals surface area (Å²) >= 11 is 0. The van der Waals surface area contributed by atoms with E-state index in [1.54, 1.807) is 16.8 Å². The van der Waals surface area contributed by atoms with E-state index in [2.05, 4.69) is 0 Å². The molecule has 3 nitrogen and oxygen atoms in total. The third-order valence-electron chi connectivity index (χ3n) is 2.12. The van der Waals surface area contributed by atoms with E-state index >= 15 is 0 Å². The molecule has 0 radical (unpaired) electrons. The SMILES string of the molecule is O=Cc1ccc(O)[n+](-c2ccccc2)c1. The zero-order chi connectivity index (χ0) is 10.7. The van der Waals surface area contributed by atoms with E-state index in [9.17, 15) is 9.90 Å². The smallest absolute Gasteiger partial charge is 0.371 e. The highest BCUT2D eigenvalue weighted by molar-refractivity contribution is 5.73. The number of aromatic nitrogens is 1. The summed E-state index contributed by atoms with van der Waals surface area (Å²) in [4.78, 5) is 10.6. The Morgan fingerprint density at radius 1 is 1.07 bits per heavy atom. The van der Waals surface area contributed by atoms with Crippen molar-refractivity contribution in [2.45, 2.75) is 0 Å². The summed E-state index contributed by atoms with van der Waals surface area (Å²) in [5, 5.41) is 9.63. The standard InChI is InChI=1S/C12H9NO2/c14-9-10-6-7-12(15)13(8-10)11-4-2-1-3-5-11/h1-9H/p+1. The lowest BCUT2D eigenvalue weighted by Crippen LogP contribution is -2.30. The average Bonchev–Trinajstić information content (AvgIpc) is 2.31. The van der Waals surface area contributed by atoms with Gasteiger partial charge in [-0.3, -0.25) is 4.79 Å². The lowest BCUT2D eigenvalue weighted by atomic mass is 10.2. The van der Waals surface area contributed by atoms with E-state index in [0.29, 0.717) is 5.56 Å². The first kappa shape index (κ1) is 9.40. The molecule has 3 heteroatoms. The maximum absolute atomic E-state index is 10.6. The first-order chi connectivity index (χ1) is 7.31. The van der Waals surface area contributed by atoms with Crippen molar-refractivity contribution in [2.24, 2.45) is 0 Å². The van der Waals surface area contributed by atoms with Crippen LogP contribution >= 0.6 is 0 Å². The first-order valence-electron chi connectivity index (χ1n) is 4.56. The molecule has 0 aliphatic rings. The molecule has 2 aromatic rings. The van der Waals surface area contributed by atoms with Gasteiger partial charge in [0.2, 0.25) is 5.69 Å². The minimum atomic E-state index is 0.104. The maximum Gasteiger partial charge on any atom is 0.371 e. The Morgan fingerprint density at radius 2 is 1.80 bits per heavy atom. The molecular weight excluding hydrogens is 190 g/mol. The van der Waals surface area contributed by atoms with E-state index in [-0.39, 0.29) is 5.88 Å². The number of benzene rings is 1. The van der Waals surface area contributed by atoms with Crippen LogP contribution in [-0.2, 0) is 0 Å². The fourth-order valence-corrected chi connectivity index (χ4v) is 1.37. The van der Waals surface area contributed by atoms with Gasteiger partial charge in [0, 0.05) is 12.1 Å². The summed E-state index contributed by atoms with van der Waals surface area (Å²) in [6.45, 7) is 0. The lowest BCUT2D eigenvalue weighted by Gasteiger charge is -1.97. The Kier molecular flexibility index (Phi) is 2.46. The molecule has 1 aromatic carbocycles. The highest BCUT2D eigenvalue weighted by Crippen LogP contribution is 2.07. The summed E-state index contributed by atoms with van der Waals surface area (Å²) in [6, 6.07) is 12.4. The predicted octanol–water partition coefficient (Wildman–Crippen LogP) is 1.48. The number of nitrogens with zero attached hydrogens (tertiary/aromatic N) is 1. The number of aldehydes is 1. The number of hydrogen-bond donors (Lipinski definition) is 1. The van der Waals surface area contributed by atoms with Crippen LogP contribution in [-0.4, -0.2) is 11.4 Å². The average molecular weight is 200 g/mol. The molecule has 1 N–H and O–H groups in total. The van der Waals surface area contributed by atoms with E-state index in [0.717, 1.165) is 12.0 Å². The van der Waals surface area contributed by atoms with Crippen LogP contribution in [0.2, 0.25) is 0 Å². The number of aromatic hydroxyl groups is 1. The third-order valence-corrected chi connectivity index (χ3v) is 2.12. The molecule has 0 saturated heterocycles. The molecule has 0 bridgehead atoms. The normalized spacial score (nSPS) is 9.87. The first-order valence-corrected chi connectivity index (χ1v) is 4.56. The molecule has 0 aliphatic heterocycles. The highest BCUT2D eigenvalue weighted by Gasteiger charge is 2.12. The van der Waals surface area contributed by atoms with Gasteiger partial charge in [-0.2, -0.15) is 0 Å². The van der Waals surface area contributed by atoms with Crippen molar-refractivity contribution >= 4 is 6.29 Å². The molecule has 0 saturated carbocycles. The van der Waals surface area contributed by atoms with Crippen LogP contribution in [0.15, 0.2) is 48.7 Å². The molecule has 2 rings (SSSR count). The summed E-state index contributed by atoms with van der Waals surface area (Å²) < 4.78 is 1.56. The largest absolute Gasteiger partial charge is 0.459 e. The van der Waals surface area contributed by atoms with E-state index < -0.39 is 0 Å². The van der Waals surface area contributed by atoms with Gasteiger partial charge in [0.15, 0.2) is 12.5 Å². The molecule has 0 amide bonds. The van der Waals surface area contributed by atoms with Gasteiger partial charge in [0.1, 0.15) is 0 Å². The topological polar surface area (TPSA) is 41.2 Å². The number of rotatable bonds is 2. The molecule has 0 spiro atoms. The van der Waals surface area contributed by atoms with Crippen LogP contribution in [0.25, 0.3) is 5.69 Å². The monoisotopic (exact) mass is 200 g/mol. The van der Waals surface area contributed by atoms with Crippen LogP contribution in [0.5, 0.6) is 5.88 Å². The summed E-state index contributed by atoms with van der Waals surface area (Å²) in [5.74, 6) is 0.104. The Bertz CT molecular complexity index is 480. The second-order valence-electron chi connectivity index (χ2n) is 3.14. The Morgan fingerprint density at radius 3 is 2.47 bits per heavy atom. The van der Waals surface area contributed by atoms with Crippen LogP contribution in [0.1, 0.15) is 10.4 Å². The number of para-hydroxylation sites is 1. The molecular formula is C12H10NO2+. The minimum absolute atomic E-state index is 0.104. The van der Waals surface area contributed by atoms with Gasteiger partial charge in [0.05, 0.1) is 11.6 Å². The van der Waals surface area contributed by atoms with E-state index in [1.807, 2.05) is 30.3 Å². The molecule has 15 heavy (non-hydrogen) atoms. The second kappa shape index (κ2) is 3.92. The summed E-state index contributed by atoms with van der Waals surface area (Å²) in [5.41, 5.74) is 1.34. The quantitative estimate of drug-likeness (QED) is 0.589. The third kappa shape index (κ3) is 1.86. The van der Waals surface area contributed by atoms with Gasteiger partial charge in [-0.15, -0.1) is 4.57 Å². The maximum atomic E-state index is 10.6. The number of pyridine rings is 1. The van der Waals surface area contributed by atoms with Crippen LogP contribution in [0.4, 0.5) is 0 Å². The molecule has 0 atom stereocenters. The number of carbonyl (C=O) groups excluding carboxylic acids is 1. The van der Waals surface area contributed by atoms with E-state index in [1.165, 1.54) is 6.07 Å². The van der Waals surface area contributed by atoms with Crippen LogP contribution < -0.4 is 4.57 Å². The van der Waals surface area contributed by atoms with Crippen LogP contribution in [0.3, 0.4) is 0 Å². The highest BCUT2D eigenvalue weighted by atomic mass is 16.3. The number of carbonyl (C=O) groups is 1. The van der Waals surface area contributed by atoms with Crippen molar-refractivity contribution in [1.82, 2.24) is 0 Å². The second-order valence-corrected chi connectivity index (χ2v) is 3.14. The van der Waals surface area contributed by atoms with Gasteiger partial charge < -0.3 is 5.11 Å². The summed E-state index contributed by atoms with van der Waals surface area (Å²) in [6.07, 6.45) is 2.34. The molecule has 1 aromatic heterocycles. The molecule has 0 fully saturated rings. The Labute approximate surface area is 87.2 Å². The van der Waals surface area contributed by atoms with Crippen molar-refractivity contribution in [3.8, 4) is 11.6 Å². The van der Waals surface area contributed by atoms with E-state index in [4.69, 9.17) is 0 Å². The van der Waals surface area contributed by atoms with Crippen LogP contribution in [0, 0.1) is 0 Å². The number of hydrogen-bond acceptors (Lipinski definition) is 2. The van der Waals surface area contributed by atoms with Gasteiger partial charge in [-0.25, -0.2) is 0 Å². The fraction of sp³-hybridized carbons (Fsp3) is 0. The molecule has 1 heterocycles. The van der Waals surface area contributed by atoms with Crippen molar-refractivity contribution in [1.29, 1.82) is 0 Å². The van der Waals surface area contributed by atoms with Crippen molar-refractivity contribution in [3.05, 3.63) is 54.2 Å². The van der Waals surface area contributed by atoms with Gasteiger partial charge >= 0.3 is 5.88 Å². The van der Waals surface area contributed by atoms with Gasteiger partial charge in [-0.05, 0) is 6.07 Å². The summed E-state index contributed by atoms with van der Waals surface area (Å²) in [7, 11) is 0. The van der Waals surface area contributed by atoms with Gasteiger partial charge in [0.25, 0.3) is 0 Å². The lowest BCUT2D eigenvalue weighted by molar-refractivity contribution is -0.604. The van der Waals surface area contributed by atoms with Crippen molar-refractivity contribution in [2.75, 3.05) is 0 Å². The minimum Gasteiger partial charge on any atom is -0.459 e. The fourth-order valence-electron chi connectivity index (χ4n) is 1.37. The molecule has 0 aliphatic carbocycles. The molecule has 0 unspecified atom stereocenters. The Hall–Kier alpha value is -2.16. The Balaban J connectivity index is 2.57. The van der Waals surface area contributed by atoms with Gasteiger partial charge in [-0.1, -0.05) is 18.2 Å². The molecule has 74 valence electrons. The zero-order valence-electron chi connectivity index (χ0n) is 8.00. The van der Waals surface area contributed by atoms with Crippen molar-refractivity contribution < 1.29 is 14.5 Å². The predicted molar refractivity (Wildman–Crippen MR) is 55.0 cm³/mol.